The van der Waals surface area contributed by atoms with Crippen LogP contribution in [0.1, 0.15) is 10.5 Å². The highest BCUT2D eigenvalue weighted by molar-refractivity contribution is 5.98. The second-order valence-electron chi connectivity index (χ2n) is 3.56. The number of aromatic nitrogens is 5. The number of aromatic carboxylic acids is 1. The molecule has 18 heavy (non-hydrogen) atoms. The van der Waals surface area contributed by atoms with Gasteiger partial charge in [0, 0.05) is 5.39 Å². The summed E-state index contributed by atoms with van der Waals surface area (Å²) in [4.78, 5) is 15.0. The van der Waals surface area contributed by atoms with Crippen LogP contribution in [0.15, 0.2) is 36.9 Å². The van der Waals surface area contributed by atoms with E-state index in [4.69, 9.17) is 5.11 Å². The first-order valence-corrected chi connectivity index (χ1v) is 5.11. The molecule has 0 radical (unpaired) electrons. The molecule has 3 aromatic rings. The van der Waals surface area contributed by atoms with E-state index in [1.807, 2.05) is 6.07 Å². The summed E-state index contributed by atoms with van der Waals surface area (Å²) in [5, 5.41) is 21.4. The molecule has 0 aliphatic heterocycles. The van der Waals surface area contributed by atoms with Crippen LogP contribution >= 0.6 is 0 Å². The lowest BCUT2D eigenvalue weighted by Gasteiger charge is -2.07. The predicted octanol–water partition coefficient (Wildman–Crippen LogP) is 0.909. The summed E-state index contributed by atoms with van der Waals surface area (Å²) in [6.45, 7) is 0. The molecule has 0 saturated carbocycles. The standard InChI is InChI=1S/C11H7N5O2/c17-11(18)9-10(16-6-12-5-13-16)7-3-1-2-4-8(7)14-15-9/h1-6H,(H,17,18). The Kier molecular flexibility index (Phi) is 2.23. The number of carboxylic acid groups (broad SMARTS) is 1. The third-order valence-electron chi connectivity index (χ3n) is 2.49. The van der Waals surface area contributed by atoms with Gasteiger partial charge in [-0.1, -0.05) is 18.2 Å². The quantitative estimate of drug-likeness (QED) is 0.716. The Bertz CT molecular complexity index is 723. The maximum Gasteiger partial charge on any atom is 0.358 e. The van der Waals surface area contributed by atoms with Gasteiger partial charge in [-0.2, -0.15) is 5.10 Å². The van der Waals surface area contributed by atoms with Crippen molar-refractivity contribution in [3.05, 3.63) is 42.6 Å². The molecule has 0 spiro atoms. The highest BCUT2D eigenvalue weighted by Gasteiger charge is 2.18. The molecule has 2 aromatic heterocycles. The molecule has 0 amide bonds. The van der Waals surface area contributed by atoms with Gasteiger partial charge in [-0.15, -0.1) is 10.2 Å². The molecule has 7 heteroatoms. The Labute approximate surface area is 101 Å². The van der Waals surface area contributed by atoms with Gasteiger partial charge in [-0.05, 0) is 6.07 Å². The molecule has 0 saturated heterocycles. The lowest BCUT2D eigenvalue weighted by molar-refractivity contribution is 0.0689. The number of hydrogen-bond donors (Lipinski definition) is 1. The second kappa shape index (κ2) is 3.88. The van der Waals surface area contributed by atoms with E-state index in [9.17, 15) is 4.79 Å². The highest BCUT2D eigenvalue weighted by atomic mass is 16.4. The van der Waals surface area contributed by atoms with Crippen molar-refractivity contribution >= 4 is 16.9 Å². The topological polar surface area (TPSA) is 93.8 Å². The number of fused-ring (bicyclic) bond motifs is 1. The van der Waals surface area contributed by atoms with E-state index in [1.54, 1.807) is 18.2 Å². The van der Waals surface area contributed by atoms with Gasteiger partial charge in [0.15, 0.2) is 5.69 Å². The third-order valence-corrected chi connectivity index (χ3v) is 2.49. The number of benzene rings is 1. The van der Waals surface area contributed by atoms with E-state index in [0.29, 0.717) is 16.6 Å². The van der Waals surface area contributed by atoms with E-state index in [1.165, 1.54) is 17.3 Å². The molecule has 0 aliphatic rings. The van der Waals surface area contributed by atoms with Crippen LogP contribution in [-0.4, -0.2) is 36.0 Å². The highest BCUT2D eigenvalue weighted by Crippen LogP contribution is 2.21. The smallest absolute Gasteiger partial charge is 0.358 e. The molecule has 7 nitrogen and oxygen atoms in total. The molecule has 1 N–H and O–H groups in total. The van der Waals surface area contributed by atoms with Crippen molar-refractivity contribution in [1.82, 2.24) is 25.0 Å². The summed E-state index contributed by atoms with van der Waals surface area (Å²) in [7, 11) is 0. The zero-order valence-electron chi connectivity index (χ0n) is 9.06. The molecule has 0 fully saturated rings. The molecule has 3 rings (SSSR count). The largest absolute Gasteiger partial charge is 0.476 e. The number of carbonyl (C=O) groups is 1. The van der Waals surface area contributed by atoms with Crippen LogP contribution in [0.2, 0.25) is 0 Å². The van der Waals surface area contributed by atoms with E-state index in [-0.39, 0.29) is 5.69 Å². The van der Waals surface area contributed by atoms with Crippen molar-refractivity contribution in [2.24, 2.45) is 0 Å². The molecule has 2 heterocycles. The average molecular weight is 241 g/mol. The SMILES string of the molecule is O=C(O)c1nnc2ccccc2c1-n1cncn1. The summed E-state index contributed by atoms with van der Waals surface area (Å²) in [5.74, 6) is -1.15. The van der Waals surface area contributed by atoms with Crippen molar-refractivity contribution < 1.29 is 9.90 Å². The Hall–Kier alpha value is -2.83. The van der Waals surface area contributed by atoms with Crippen LogP contribution in [0, 0.1) is 0 Å². The Morgan fingerprint density at radius 2 is 2.06 bits per heavy atom. The molecule has 0 aliphatic carbocycles. The molecular formula is C11H7N5O2. The molecular weight excluding hydrogens is 234 g/mol. The molecule has 0 atom stereocenters. The Morgan fingerprint density at radius 3 is 2.78 bits per heavy atom. The average Bonchev–Trinajstić information content (AvgIpc) is 2.90. The van der Waals surface area contributed by atoms with Gasteiger partial charge in [-0.25, -0.2) is 14.5 Å². The maximum atomic E-state index is 11.2. The zero-order valence-corrected chi connectivity index (χ0v) is 9.06. The fraction of sp³-hybridized carbons (Fsp3) is 0. The van der Waals surface area contributed by atoms with Crippen LogP contribution < -0.4 is 0 Å². The van der Waals surface area contributed by atoms with Gasteiger partial charge in [0.05, 0.1) is 5.52 Å². The van der Waals surface area contributed by atoms with Crippen LogP contribution in [0.4, 0.5) is 0 Å². The summed E-state index contributed by atoms with van der Waals surface area (Å²) in [6, 6.07) is 7.14. The maximum absolute atomic E-state index is 11.2. The van der Waals surface area contributed by atoms with Gasteiger partial charge < -0.3 is 5.11 Å². The van der Waals surface area contributed by atoms with Crippen molar-refractivity contribution in [3.8, 4) is 5.69 Å². The van der Waals surface area contributed by atoms with Gasteiger partial charge in [0.25, 0.3) is 0 Å². The van der Waals surface area contributed by atoms with Crippen molar-refractivity contribution in [3.63, 3.8) is 0 Å². The molecule has 0 bridgehead atoms. The fourth-order valence-electron chi connectivity index (χ4n) is 1.74. The number of carboxylic acids is 1. The van der Waals surface area contributed by atoms with Gasteiger partial charge >= 0.3 is 5.97 Å². The van der Waals surface area contributed by atoms with Gasteiger partial charge in [0.2, 0.25) is 0 Å². The summed E-state index contributed by atoms with van der Waals surface area (Å²) in [6.07, 6.45) is 2.76. The molecule has 0 unspecified atom stereocenters. The first kappa shape index (κ1) is 10.3. The van der Waals surface area contributed by atoms with E-state index < -0.39 is 5.97 Å². The van der Waals surface area contributed by atoms with Crippen LogP contribution in [0.25, 0.3) is 16.6 Å². The van der Waals surface area contributed by atoms with Crippen molar-refractivity contribution in [2.75, 3.05) is 0 Å². The Morgan fingerprint density at radius 1 is 1.22 bits per heavy atom. The lowest BCUT2D eigenvalue weighted by Crippen LogP contribution is -2.10. The minimum absolute atomic E-state index is 0.154. The third kappa shape index (κ3) is 1.49. The van der Waals surface area contributed by atoms with E-state index in [2.05, 4.69) is 20.3 Å². The van der Waals surface area contributed by atoms with Crippen molar-refractivity contribution in [2.45, 2.75) is 0 Å². The van der Waals surface area contributed by atoms with Crippen molar-refractivity contribution in [1.29, 1.82) is 0 Å². The fourth-order valence-corrected chi connectivity index (χ4v) is 1.74. The Balaban J connectivity index is 2.43. The first-order chi connectivity index (χ1) is 8.77. The normalized spacial score (nSPS) is 10.7. The minimum Gasteiger partial charge on any atom is -0.476 e. The summed E-state index contributed by atoms with van der Waals surface area (Å²) in [5.41, 5.74) is 0.817. The second-order valence-corrected chi connectivity index (χ2v) is 3.56. The van der Waals surface area contributed by atoms with Crippen LogP contribution in [0.3, 0.4) is 0 Å². The van der Waals surface area contributed by atoms with Crippen LogP contribution in [0.5, 0.6) is 0 Å². The van der Waals surface area contributed by atoms with E-state index >= 15 is 0 Å². The van der Waals surface area contributed by atoms with Crippen LogP contribution in [-0.2, 0) is 0 Å². The van der Waals surface area contributed by atoms with Gasteiger partial charge in [-0.3, -0.25) is 0 Å². The number of hydrogen-bond acceptors (Lipinski definition) is 5. The number of nitrogens with zero attached hydrogens (tertiary/aromatic N) is 5. The number of rotatable bonds is 2. The molecule has 1 aromatic carbocycles. The lowest BCUT2D eigenvalue weighted by atomic mass is 10.1. The molecule has 88 valence electrons. The summed E-state index contributed by atoms with van der Waals surface area (Å²) >= 11 is 0. The van der Waals surface area contributed by atoms with Gasteiger partial charge in [0.1, 0.15) is 18.3 Å². The predicted molar refractivity (Wildman–Crippen MR) is 61.4 cm³/mol. The summed E-state index contributed by atoms with van der Waals surface area (Å²) < 4.78 is 1.38. The van der Waals surface area contributed by atoms with E-state index in [0.717, 1.165) is 0 Å². The minimum atomic E-state index is -1.15. The first-order valence-electron chi connectivity index (χ1n) is 5.11. The zero-order chi connectivity index (χ0) is 12.5. The monoisotopic (exact) mass is 241 g/mol.